The van der Waals surface area contributed by atoms with Crippen LogP contribution in [0.25, 0.3) is 0 Å². The molecule has 0 fully saturated rings. The van der Waals surface area contributed by atoms with Gasteiger partial charge in [0.1, 0.15) is 0 Å². The summed E-state index contributed by atoms with van der Waals surface area (Å²) in [7, 11) is 0. The second-order valence-electron chi connectivity index (χ2n) is 4.97. The van der Waals surface area contributed by atoms with E-state index in [9.17, 15) is 27.2 Å². The summed E-state index contributed by atoms with van der Waals surface area (Å²) in [5.74, 6) is -6.33. The zero-order valence-corrected chi connectivity index (χ0v) is 13.3. The lowest BCUT2D eigenvalue weighted by molar-refractivity contribution is -0.155. The van der Waals surface area contributed by atoms with Crippen LogP contribution in [0.1, 0.15) is 20.7 Å². The van der Waals surface area contributed by atoms with Gasteiger partial charge in [-0.25, -0.2) is 13.6 Å². The van der Waals surface area contributed by atoms with Gasteiger partial charge in [-0.1, -0.05) is 24.3 Å². The third-order valence-electron chi connectivity index (χ3n) is 3.08. The van der Waals surface area contributed by atoms with E-state index in [0.29, 0.717) is 0 Å². The minimum absolute atomic E-state index is 0.100. The first-order valence-corrected chi connectivity index (χ1v) is 7.17. The number of alkyl halides is 4. The lowest BCUT2D eigenvalue weighted by Crippen LogP contribution is -2.35. The molecule has 1 amide bonds. The first-order chi connectivity index (χ1) is 11.7. The largest absolute Gasteiger partial charge is 0.455 e. The summed E-state index contributed by atoms with van der Waals surface area (Å²) in [5, 5.41) is 0. The van der Waals surface area contributed by atoms with E-state index in [-0.39, 0.29) is 24.2 Å². The van der Waals surface area contributed by atoms with Gasteiger partial charge in [0.25, 0.3) is 5.91 Å². The van der Waals surface area contributed by atoms with Crippen molar-refractivity contribution in [1.29, 1.82) is 0 Å². The maximum absolute atomic E-state index is 12.9. The van der Waals surface area contributed by atoms with E-state index >= 15 is 0 Å². The van der Waals surface area contributed by atoms with E-state index in [1.54, 1.807) is 0 Å². The zero-order valence-electron chi connectivity index (χ0n) is 13.3. The number of amides is 1. The Morgan fingerprint density at radius 3 is 2.12 bits per heavy atom. The van der Waals surface area contributed by atoms with Gasteiger partial charge in [0.2, 0.25) is 0 Å². The van der Waals surface area contributed by atoms with Crippen molar-refractivity contribution in [1.82, 2.24) is 4.90 Å². The molecule has 0 aliphatic heterocycles. The fraction of sp³-hybridized carbons (Fsp3) is 0.294. The van der Waals surface area contributed by atoms with Crippen LogP contribution >= 0.6 is 0 Å². The van der Waals surface area contributed by atoms with Gasteiger partial charge in [0.05, 0.1) is 11.1 Å². The fourth-order valence-corrected chi connectivity index (χ4v) is 1.87. The maximum Gasteiger partial charge on any atom is 0.340 e. The maximum atomic E-state index is 12.9. The number of rotatable bonds is 9. The second kappa shape index (κ2) is 9.00. The minimum atomic E-state index is -4.47. The Morgan fingerprint density at radius 1 is 1.12 bits per heavy atom. The molecule has 1 aromatic rings. The number of hydrogen-bond donors (Lipinski definition) is 0. The highest BCUT2D eigenvalue weighted by molar-refractivity contribution is 6.05. The number of esters is 1. The predicted octanol–water partition coefficient (Wildman–Crippen LogP) is 3.56. The molecule has 8 heteroatoms. The van der Waals surface area contributed by atoms with Crippen LogP contribution in [0.3, 0.4) is 0 Å². The molecule has 0 atom stereocenters. The summed E-state index contributed by atoms with van der Waals surface area (Å²) >= 11 is 0. The molecule has 0 bridgehead atoms. The molecule has 4 nitrogen and oxygen atoms in total. The van der Waals surface area contributed by atoms with Crippen molar-refractivity contribution in [3.8, 4) is 0 Å². The number of carbonyl (C=O) groups excluding carboxylic acids is 2. The van der Waals surface area contributed by atoms with Gasteiger partial charge < -0.3 is 9.64 Å². The van der Waals surface area contributed by atoms with Crippen molar-refractivity contribution in [2.45, 2.75) is 12.3 Å². The third-order valence-corrected chi connectivity index (χ3v) is 3.08. The standard InChI is InChI=1S/C17H17F4NO3/c1-3-9-22(10-4-2)14(23)12-7-5-6-8-13(12)15(24)25-11-17(20,21)16(18)19/h3-8,16H,1-2,9-11H2. The molecule has 0 N–H and O–H groups in total. The van der Waals surface area contributed by atoms with Crippen LogP contribution in [0.5, 0.6) is 0 Å². The quantitative estimate of drug-likeness (QED) is 0.385. The number of hydrogen-bond acceptors (Lipinski definition) is 3. The first kappa shape index (κ1) is 20.4. The topological polar surface area (TPSA) is 46.6 Å². The fourth-order valence-electron chi connectivity index (χ4n) is 1.87. The van der Waals surface area contributed by atoms with Gasteiger partial charge in [-0.3, -0.25) is 4.79 Å². The van der Waals surface area contributed by atoms with E-state index in [1.807, 2.05) is 0 Å². The Bertz CT molecular complexity index is 637. The van der Waals surface area contributed by atoms with Gasteiger partial charge in [0, 0.05) is 13.1 Å². The van der Waals surface area contributed by atoms with Gasteiger partial charge in [0.15, 0.2) is 6.61 Å². The van der Waals surface area contributed by atoms with Gasteiger partial charge >= 0.3 is 18.3 Å². The molecule has 0 aliphatic carbocycles. The summed E-state index contributed by atoms with van der Waals surface area (Å²) in [6, 6.07) is 5.36. The second-order valence-corrected chi connectivity index (χ2v) is 4.97. The zero-order chi connectivity index (χ0) is 19.0. The normalized spacial score (nSPS) is 11.1. The Balaban J connectivity index is 3.02. The molecule has 0 aromatic heterocycles. The molecule has 25 heavy (non-hydrogen) atoms. The Hall–Kier alpha value is -2.64. The molecule has 0 radical (unpaired) electrons. The summed E-state index contributed by atoms with van der Waals surface area (Å²) in [4.78, 5) is 25.8. The number of nitrogens with zero attached hydrogens (tertiary/aromatic N) is 1. The van der Waals surface area contributed by atoms with Crippen molar-refractivity contribution in [2.24, 2.45) is 0 Å². The van der Waals surface area contributed by atoms with E-state index in [2.05, 4.69) is 17.9 Å². The monoisotopic (exact) mass is 359 g/mol. The Morgan fingerprint density at radius 2 is 1.64 bits per heavy atom. The van der Waals surface area contributed by atoms with Crippen LogP contribution in [0.2, 0.25) is 0 Å². The van der Waals surface area contributed by atoms with Crippen LogP contribution in [0, 0.1) is 0 Å². The Kier molecular flexibility index (Phi) is 7.35. The molecular weight excluding hydrogens is 342 g/mol. The van der Waals surface area contributed by atoms with Crippen molar-refractivity contribution in [3.63, 3.8) is 0 Å². The Labute approximate surface area is 142 Å². The van der Waals surface area contributed by atoms with Crippen LogP contribution < -0.4 is 0 Å². The van der Waals surface area contributed by atoms with Crippen LogP contribution in [0.15, 0.2) is 49.6 Å². The van der Waals surface area contributed by atoms with Crippen LogP contribution in [-0.2, 0) is 4.74 Å². The molecule has 1 aromatic carbocycles. The summed E-state index contributed by atoms with van der Waals surface area (Å²) in [6.07, 6.45) is -1.04. The van der Waals surface area contributed by atoms with Crippen LogP contribution in [0.4, 0.5) is 17.6 Å². The van der Waals surface area contributed by atoms with Crippen molar-refractivity contribution < 1.29 is 31.9 Å². The number of ether oxygens (including phenoxy) is 1. The minimum Gasteiger partial charge on any atom is -0.455 e. The predicted molar refractivity (Wildman–Crippen MR) is 84.0 cm³/mol. The van der Waals surface area contributed by atoms with Gasteiger partial charge in [-0.15, -0.1) is 13.2 Å². The molecule has 0 unspecified atom stereocenters. The van der Waals surface area contributed by atoms with E-state index in [0.717, 1.165) is 0 Å². The average Bonchev–Trinajstić information content (AvgIpc) is 2.58. The lowest BCUT2D eigenvalue weighted by atomic mass is 10.1. The average molecular weight is 359 g/mol. The molecule has 1 rings (SSSR count). The van der Waals surface area contributed by atoms with Crippen LogP contribution in [-0.4, -0.2) is 48.8 Å². The molecule has 0 saturated carbocycles. The highest BCUT2D eigenvalue weighted by Gasteiger charge is 2.42. The van der Waals surface area contributed by atoms with Gasteiger partial charge in [-0.2, -0.15) is 8.78 Å². The van der Waals surface area contributed by atoms with E-state index < -0.39 is 30.8 Å². The lowest BCUT2D eigenvalue weighted by Gasteiger charge is -2.21. The number of halogens is 4. The van der Waals surface area contributed by atoms with Crippen molar-refractivity contribution in [3.05, 3.63) is 60.7 Å². The summed E-state index contributed by atoms with van der Waals surface area (Å²) in [5.41, 5.74) is -0.396. The van der Waals surface area contributed by atoms with E-state index in [1.165, 1.54) is 41.3 Å². The van der Waals surface area contributed by atoms with E-state index in [4.69, 9.17) is 0 Å². The SMILES string of the molecule is C=CCN(CC=C)C(=O)c1ccccc1C(=O)OCC(F)(F)C(F)F. The number of carbonyl (C=O) groups is 2. The number of benzene rings is 1. The molecule has 136 valence electrons. The summed E-state index contributed by atoms with van der Waals surface area (Å²) in [6.45, 7) is 5.58. The smallest absolute Gasteiger partial charge is 0.340 e. The highest BCUT2D eigenvalue weighted by Crippen LogP contribution is 2.24. The van der Waals surface area contributed by atoms with Crippen molar-refractivity contribution in [2.75, 3.05) is 19.7 Å². The summed E-state index contributed by atoms with van der Waals surface area (Å²) < 4.78 is 54.3. The highest BCUT2D eigenvalue weighted by atomic mass is 19.3. The molecule has 0 heterocycles. The first-order valence-electron chi connectivity index (χ1n) is 7.17. The molecule has 0 spiro atoms. The molecule has 0 aliphatic rings. The third kappa shape index (κ3) is 5.44. The van der Waals surface area contributed by atoms with Crippen molar-refractivity contribution >= 4 is 11.9 Å². The molecule has 0 saturated heterocycles. The van der Waals surface area contributed by atoms with Gasteiger partial charge in [-0.05, 0) is 12.1 Å². The molecular formula is C17H17F4NO3.